The number of hydrogen-bond acceptors (Lipinski definition) is 4. The lowest BCUT2D eigenvalue weighted by atomic mass is 10.5. The normalized spacial score (nSPS) is 9.22. The summed E-state index contributed by atoms with van der Waals surface area (Å²) in [5.74, 6) is -0.558. The van der Waals surface area contributed by atoms with E-state index in [2.05, 4.69) is 29.3 Å². The van der Waals surface area contributed by atoms with E-state index in [1.165, 1.54) is 0 Å². The Bertz CT molecular complexity index is 416. The Balaban J connectivity index is 4.39. The van der Waals surface area contributed by atoms with Gasteiger partial charge in [-0.2, -0.15) is 0 Å². The average Bonchev–Trinajstić information content (AvgIpc) is 2.39. The minimum atomic E-state index is -1.25. The molecule has 0 saturated carbocycles. The van der Waals surface area contributed by atoms with Crippen molar-refractivity contribution in [3.05, 3.63) is 11.1 Å². The number of amides is 2. The molecule has 0 radical (unpaired) electrons. The van der Waals surface area contributed by atoms with Crippen molar-refractivity contribution >= 4 is 24.0 Å². The summed E-state index contributed by atoms with van der Waals surface area (Å²) in [6.07, 6.45) is -2.19. The maximum Gasteiger partial charge on any atom is 0.462 e. The van der Waals surface area contributed by atoms with Crippen LogP contribution >= 0.6 is 0 Å². The average molecular weight is 254 g/mol. The number of ether oxygens (including phenoxy) is 2. The smallest absolute Gasteiger partial charge is 0.357 e. The van der Waals surface area contributed by atoms with Crippen molar-refractivity contribution in [1.29, 1.82) is 0 Å². The molecule has 0 spiro atoms. The van der Waals surface area contributed by atoms with Gasteiger partial charge in [0.05, 0.1) is 12.8 Å². The predicted molar refractivity (Wildman–Crippen MR) is 55.7 cm³/mol. The zero-order chi connectivity index (χ0) is 14.0. The van der Waals surface area contributed by atoms with Crippen LogP contribution in [0.15, 0.2) is 10.2 Å². The standard InChI is InChI=1S/C8H10N6O4/c1-3-5(11-9)17-7(15)13-14-8(16)18-6(4-2)12-10/h3-4H2,1-2H3/b14-13+. The highest BCUT2D eigenvalue weighted by Gasteiger charge is 2.15. The summed E-state index contributed by atoms with van der Waals surface area (Å²) in [5.41, 5.74) is 16.7. The molecular weight excluding hydrogens is 244 g/mol. The van der Waals surface area contributed by atoms with Crippen LogP contribution in [-0.2, 0) is 9.47 Å². The fourth-order valence-electron chi connectivity index (χ4n) is 0.651. The van der Waals surface area contributed by atoms with Gasteiger partial charge < -0.3 is 20.5 Å². The van der Waals surface area contributed by atoms with Gasteiger partial charge in [0.2, 0.25) is 0 Å². The highest BCUT2D eigenvalue weighted by atomic mass is 16.6. The quantitative estimate of drug-likeness (QED) is 0.319. The second-order valence-electron chi connectivity index (χ2n) is 2.63. The van der Waals surface area contributed by atoms with E-state index in [0.717, 1.165) is 0 Å². The number of hydrogen-bond donors (Lipinski definition) is 0. The topological polar surface area (TPSA) is 150 Å². The van der Waals surface area contributed by atoms with Crippen molar-refractivity contribution in [2.24, 2.45) is 10.2 Å². The Morgan fingerprint density at radius 2 is 1.28 bits per heavy atom. The lowest BCUT2D eigenvalue weighted by Crippen LogP contribution is -2.11. The van der Waals surface area contributed by atoms with Gasteiger partial charge >= 0.3 is 24.0 Å². The first-order valence-electron chi connectivity index (χ1n) is 4.84. The largest absolute Gasteiger partial charge is 0.462 e. The number of azo groups is 1. The number of nitrogens with zero attached hydrogens (tertiary/aromatic N) is 6. The van der Waals surface area contributed by atoms with Gasteiger partial charge in [0.25, 0.3) is 0 Å². The maximum absolute atomic E-state index is 10.9. The Morgan fingerprint density at radius 1 is 0.944 bits per heavy atom. The van der Waals surface area contributed by atoms with Gasteiger partial charge in [0.15, 0.2) is 0 Å². The van der Waals surface area contributed by atoms with Crippen LogP contribution in [-0.4, -0.2) is 33.6 Å². The SMILES string of the molecule is CCC(=[N+]=[N-])OC(=O)/N=N/C(=O)OC(CC)=[N+]=[N-]. The van der Waals surface area contributed by atoms with E-state index in [1.54, 1.807) is 13.8 Å². The van der Waals surface area contributed by atoms with E-state index < -0.39 is 12.2 Å². The van der Waals surface area contributed by atoms with Gasteiger partial charge in [-0.3, -0.25) is 0 Å². The summed E-state index contributed by atoms with van der Waals surface area (Å²) in [6.45, 7) is 3.14. The van der Waals surface area contributed by atoms with Crippen LogP contribution in [0, 0.1) is 0 Å². The summed E-state index contributed by atoms with van der Waals surface area (Å²) in [6, 6.07) is 0. The van der Waals surface area contributed by atoms with Gasteiger partial charge in [-0.15, -0.1) is 9.58 Å². The molecule has 0 saturated heterocycles. The van der Waals surface area contributed by atoms with Gasteiger partial charge in [-0.05, 0) is 0 Å². The fourth-order valence-corrected chi connectivity index (χ4v) is 0.651. The van der Waals surface area contributed by atoms with Crippen molar-refractivity contribution in [1.82, 2.24) is 0 Å². The molecule has 10 nitrogen and oxygen atoms in total. The summed E-state index contributed by atoms with van der Waals surface area (Å²) in [7, 11) is 0. The zero-order valence-corrected chi connectivity index (χ0v) is 9.73. The highest BCUT2D eigenvalue weighted by Crippen LogP contribution is 1.94. The first-order valence-corrected chi connectivity index (χ1v) is 4.84. The van der Waals surface area contributed by atoms with Crippen LogP contribution in [0.1, 0.15) is 26.7 Å². The molecule has 0 bridgehead atoms. The van der Waals surface area contributed by atoms with E-state index in [-0.39, 0.29) is 24.6 Å². The summed E-state index contributed by atoms with van der Waals surface area (Å²) >= 11 is 0. The molecule has 0 unspecified atom stereocenters. The molecule has 0 aromatic heterocycles. The van der Waals surface area contributed by atoms with E-state index in [9.17, 15) is 9.59 Å². The Morgan fingerprint density at radius 3 is 1.50 bits per heavy atom. The van der Waals surface area contributed by atoms with Gasteiger partial charge in [-0.1, -0.05) is 24.1 Å². The fraction of sp³-hybridized carbons (Fsp3) is 0.500. The van der Waals surface area contributed by atoms with Gasteiger partial charge in [-0.25, -0.2) is 9.59 Å². The molecule has 0 aliphatic rings. The third-order valence-electron chi connectivity index (χ3n) is 1.45. The molecule has 0 fully saturated rings. The zero-order valence-electron chi connectivity index (χ0n) is 9.73. The number of carbonyl (C=O) groups excluding carboxylic acids is 2. The van der Waals surface area contributed by atoms with Crippen LogP contribution in [0.2, 0.25) is 0 Å². The minimum absolute atomic E-state index is 0.152. The Labute approximate surface area is 101 Å². The predicted octanol–water partition coefficient (Wildman–Crippen LogP) is 1.79. The maximum atomic E-state index is 10.9. The molecule has 0 aliphatic carbocycles. The lowest BCUT2D eigenvalue weighted by molar-refractivity contribution is -0.0361. The first-order chi connectivity index (χ1) is 8.57. The van der Waals surface area contributed by atoms with E-state index in [4.69, 9.17) is 11.1 Å². The summed E-state index contributed by atoms with van der Waals surface area (Å²) < 4.78 is 8.74. The van der Waals surface area contributed by atoms with E-state index in [0.29, 0.717) is 0 Å². The van der Waals surface area contributed by atoms with Crippen LogP contribution in [0.4, 0.5) is 9.59 Å². The molecule has 0 heterocycles. The van der Waals surface area contributed by atoms with Crippen LogP contribution in [0.5, 0.6) is 0 Å². The molecule has 0 rings (SSSR count). The van der Waals surface area contributed by atoms with Crippen LogP contribution in [0.25, 0.3) is 11.1 Å². The lowest BCUT2D eigenvalue weighted by Gasteiger charge is -1.91. The number of rotatable bonds is 2. The second-order valence-corrected chi connectivity index (χ2v) is 2.63. The molecule has 0 atom stereocenters. The molecular formula is C8H10N6O4. The van der Waals surface area contributed by atoms with E-state index in [1.807, 2.05) is 0 Å². The molecule has 0 aliphatic heterocycles. The van der Waals surface area contributed by atoms with Crippen molar-refractivity contribution in [2.45, 2.75) is 26.7 Å². The molecule has 96 valence electrons. The monoisotopic (exact) mass is 254 g/mol. The second kappa shape index (κ2) is 8.45. The first kappa shape index (κ1) is 15.3. The minimum Gasteiger partial charge on any atom is -0.357 e. The van der Waals surface area contributed by atoms with Crippen LogP contribution in [0.3, 0.4) is 0 Å². The number of carbonyl (C=O) groups is 2. The van der Waals surface area contributed by atoms with E-state index >= 15 is 0 Å². The van der Waals surface area contributed by atoms with Crippen molar-refractivity contribution in [2.75, 3.05) is 0 Å². The third kappa shape index (κ3) is 6.01. The molecule has 0 N–H and O–H groups in total. The van der Waals surface area contributed by atoms with Crippen molar-refractivity contribution < 1.29 is 28.6 Å². The molecule has 2 amide bonds. The van der Waals surface area contributed by atoms with Gasteiger partial charge in [0, 0.05) is 0 Å². The Hall–Kier alpha value is -2.70. The molecule has 18 heavy (non-hydrogen) atoms. The van der Waals surface area contributed by atoms with Crippen molar-refractivity contribution in [3.8, 4) is 0 Å². The molecule has 0 aromatic carbocycles. The highest BCUT2D eigenvalue weighted by molar-refractivity contribution is 5.87. The van der Waals surface area contributed by atoms with Gasteiger partial charge in [0.1, 0.15) is 0 Å². The van der Waals surface area contributed by atoms with Crippen molar-refractivity contribution in [3.63, 3.8) is 0 Å². The summed E-state index contributed by atoms with van der Waals surface area (Å²) in [4.78, 5) is 27.2. The third-order valence-corrected chi connectivity index (χ3v) is 1.45. The Kier molecular flexibility index (Phi) is 7.18. The summed E-state index contributed by atoms with van der Waals surface area (Å²) in [5, 5.41) is 5.68. The van der Waals surface area contributed by atoms with Crippen LogP contribution < -0.4 is 0 Å². The molecule has 10 heteroatoms. The molecule has 0 aromatic rings.